The number of fused-ring (bicyclic) bond motifs is 1. The summed E-state index contributed by atoms with van der Waals surface area (Å²) in [6, 6.07) is 14.7. The second kappa shape index (κ2) is 8.22. The Labute approximate surface area is 176 Å². The lowest BCUT2D eigenvalue weighted by Gasteiger charge is -2.08. The minimum absolute atomic E-state index is 0.199. The van der Waals surface area contributed by atoms with Crippen LogP contribution in [-0.2, 0) is 4.79 Å². The van der Waals surface area contributed by atoms with Gasteiger partial charge in [0, 0.05) is 21.7 Å². The van der Waals surface area contributed by atoms with E-state index in [4.69, 9.17) is 4.74 Å². The first-order valence-corrected chi connectivity index (χ1v) is 9.89. The number of imide groups is 1. The van der Waals surface area contributed by atoms with Gasteiger partial charge >= 0.3 is 6.03 Å². The molecule has 30 heavy (non-hydrogen) atoms. The number of amides is 4. The van der Waals surface area contributed by atoms with Gasteiger partial charge in [-0.05, 0) is 53.9 Å². The molecule has 150 valence electrons. The Morgan fingerprint density at radius 2 is 1.90 bits per heavy atom. The van der Waals surface area contributed by atoms with E-state index in [0.717, 1.165) is 10.4 Å². The van der Waals surface area contributed by atoms with Crippen molar-refractivity contribution in [2.75, 3.05) is 17.7 Å². The van der Waals surface area contributed by atoms with Crippen molar-refractivity contribution in [3.63, 3.8) is 0 Å². The topological polar surface area (TPSA) is 96.5 Å². The van der Waals surface area contributed by atoms with E-state index in [0.29, 0.717) is 28.3 Å². The molecular weight excluding hydrogens is 402 g/mol. The molecule has 1 aliphatic heterocycles. The van der Waals surface area contributed by atoms with Gasteiger partial charge in [-0.3, -0.25) is 14.9 Å². The van der Waals surface area contributed by atoms with Gasteiger partial charge in [-0.15, -0.1) is 11.3 Å². The molecule has 7 nitrogen and oxygen atoms in total. The molecule has 4 amide bonds. The molecule has 1 aromatic heterocycles. The molecular formula is C22H17N3O4S. The summed E-state index contributed by atoms with van der Waals surface area (Å²) in [7, 11) is 1.53. The van der Waals surface area contributed by atoms with Gasteiger partial charge in [0.15, 0.2) is 0 Å². The lowest BCUT2D eigenvalue weighted by Crippen LogP contribution is -2.34. The molecule has 0 fully saturated rings. The molecule has 2 aromatic carbocycles. The van der Waals surface area contributed by atoms with Crippen LogP contribution in [0.4, 0.5) is 16.2 Å². The minimum Gasteiger partial charge on any atom is -0.497 e. The highest BCUT2D eigenvalue weighted by molar-refractivity contribution is 7.11. The number of ether oxygens (including phenoxy) is 1. The molecule has 0 spiro atoms. The minimum atomic E-state index is -0.672. The first-order valence-electron chi connectivity index (χ1n) is 9.01. The Bertz CT molecular complexity index is 1150. The van der Waals surface area contributed by atoms with Crippen LogP contribution in [0.1, 0.15) is 20.8 Å². The summed E-state index contributed by atoms with van der Waals surface area (Å²) >= 11 is 1.54. The van der Waals surface area contributed by atoms with Crippen molar-refractivity contribution in [3.05, 3.63) is 76.0 Å². The number of rotatable bonds is 4. The van der Waals surface area contributed by atoms with Gasteiger partial charge in [-0.2, -0.15) is 0 Å². The van der Waals surface area contributed by atoms with Crippen LogP contribution >= 0.6 is 11.3 Å². The number of carbonyl (C=O) groups excluding carboxylic acids is 3. The van der Waals surface area contributed by atoms with Crippen molar-refractivity contribution in [3.8, 4) is 5.75 Å². The van der Waals surface area contributed by atoms with Crippen LogP contribution in [0.3, 0.4) is 0 Å². The molecule has 0 radical (unpaired) electrons. The van der Waals surface area contributed by atoms with E-state index in [1.165, 1.54) is 7.11 Å². The maximum Gasteiger partial charge on any atom is 0.326 e. The van der Waals surface area contributed by atoms with E-state index >= 15 is 0 Å². The van der Waals surface area contributed by atoms with Crippen LogP contribution in [0.2, 0.25) is 0 Å². The SMILES string of the molecule is COc1ccc(C(=O)NC(=O)Nc2ccc3c(c2)NC(=O)/C3=C\c2cccs2)cc1. The monoisotopic (exact) mass is 419 g/mol. The number of urea groups is 1. The molecule has 0 atom stereocenters. The second-order valence-electron chi connectivity index (χ2n) is 6.42. The summed E-state index contributed by atoms with van der Waals surface area (Å²) in [6.45, 7) is 0. The van der Waals surface area contributed by atoms with Crippen molar-refractivity contribution >= 4 is 52.2 Å². The standard InChI is InChI=1S/C22H17N3O4S/c1-29-15-7-4-13(5-8-15)20(26)25-22(28)23-14-6-9-17-18(12-16-3-2-10-30-16)21(27)24-19(17)11-14/h2-12H,1H3,(H,24,27)(H2,23,25,26,28)/b18-12-. The lowest BCUT2D eigenvalue weighted by atomic mass is 10.1. The number of hydrogen-bond acceptors (Lipinski definition) is 5. The maximum absolute atomic E-state index is 12.3. The molecule has 3 aromatic rings. The van der Waals surface area contributed by atoms with Crippen LogP contribution in [0.15, 0.2) is 60.0 Å². The van der Waals surface area contributed by atoms with Crippen molar-refractivity contribution < 1.29 is 19.1 Å². The highest BCUT2D eigenvalue weighted by Crippen LogP contribution is 2.35. The summed E-state index contributed by atoms with van der Waals surface area (Å²) in [6.07, 6.45) is 1.83. The van der Waals surface area contributed by atoms with Crippen LogP contribution in [0.5, 0.6) is 5.75 Å². The maximum atomic E-state index is 12.3. The van der Waals surface area contributed by atoms with Gasteiger partial charge in [0.25, 0.3) is 11.8 Å². The number of nitrogens with one attached hydrogen (secondary N) is 3. The normalized spacial score (nSPS) is 13.5. The van der Waals surface area contributed by atoms with Crippen LogP contribution in [-0.4, -0.2) is 25.0 Å². The third-order valence-corrected chi connectivity index (χ3v) is 5.29. The number of benzene rings is 2. The summed E-state index contributed by atoms with van der Waals surface area (Å²) < 4.78 is 5.05. The van der Waals surface area contributed by atoms with Crippen molar-refractivity contribution in [2.24, 2.45) is 0 Å². The van der Waals surface area contributed by atoms with Gasteiger partial charge in [0.1, 0.15) is 5.75 Å². The Hall–Kier alpha value is -3.91. The molecule has 8 heteroatoms. The Kier molecular flexibility index (Phi) is 5.32. The number of methoxy groups -OCH3 is 1. The van der Waals surface area contributed by atoms with Gasteiger partial charge < -0.3 is 15.4 Å². The molecule has 4 rings (SSSR count). The van der Waals surface area contributed by atoms with E-state index in [2.05, 4.69) is 16.0 Å². The van der Waals surface area contributed by atoms with Gasteiger partial charge in [-0.25, -0.2) is 4.79 Å². The number of carbonyl (C=O) groups is 3. The fraction of sp³-hybridized carbons (Fsp3) is 0.0455. The molecule has 0 saturated carbocycles. The summed E-state index contributed by atoms with van der Waals surface area (Å²) in [5.74, 6) is -0.121. The van der Waals surface area contributed by atoms with Gasteiger partial charge in [-0.1, -0.05) is 12.1 Å². The highest BCUT2D eigenvalue weighted by atomic mass is 32.1. The third kappa shape index (κ3) is 4.08. The van der Waals surface area contributed by atoms with Crippen molar-refractivity contribution in [1.82, 2.24) is 5.32 Å². The molecule has 1 aliphatic rings. The number of thiophene rings is 1. The summed E-state index contributed by atoms with van der Waals surface area (Å²) in [5.41, 5.74) is 2.70. The first kappa shape index (κ1) is 19.4. The zero-order chi connectivity index (χ0) is 21.1. The molecule has 0 aliphatic carbocycles. The van der Waals surface area contributed by atoms with E-state index in [9.17, 15) is 14.4 Å². The highest BCUT2D eigenvalue weighted by Gasteiger charge is 2.24. The smallest absolute Gasteiger partial charge is 0.326 e. The fourth-order valence-electron chi connectivity index (χ4n) is 3.01. The van der Waals surface area contributed by atoms with E-state index in [1.54, 1.807) is 53.8 Å². The number of anilines is 2. The summed E-state index contributed by atoms with van der Waals surface area (Å²) in [5, 5.41) is 9.62. The predicted molar refractivity (Wildman–Crippen MR) is 117 cm³/mol. The van der Waals surface area contributed by atoms with E-state index < -0.39 is 11.9 Å². The zero-order valence-electron chi connectivity index (χ0n) is 15.9. The second-order valence-corrected chi connectivity index (χ2v) is 7.40. The zero-order valence-corrected chi connectivity index (χ0v) is 16.7. The van der Waals surface area contributed by atoms with Crippen LogP contribution in [0, 0.1) is 0 Å². The Morgan fingerprint density at radius 3 is 2.60 bits per heavy atom. The van der Waals surface area contributed by atoms with Gasteiger partial charge in [0.2, 0.25) is 0 Å². The molecule has 0 bridgehead atoms. The Balaban J connectivity index is 1.44. The number of hydrogen-bond donors (Lipinski definition) is 3. The Morgan fingerprint density at radius 1 is 1.10 bits per heavy atom. The van der Waals surface area contributed by atoms with E-state index in [1.807, 2.05) is 23.6 Å². The molecule has 0 saturated heterocycles. The van der Waals surface area contributed by atoms with Crippen LogP contribution in [0.25, 0.3) is 11.6 Å². The largest absolute Gasteiger partial charge is 0.497 e. The predicted octanol–water partition coefficient (Wildman–Crippen LogP) is 4.21. The van der Waals surface area contributed by atoms with Crippen molar-refractivity contribution in [1.29, 1.82) is 0 Å². The van der Waals surface area contributed by atoms with E-state index in [-0.39, 0.29) is 5.91 Å². The van der Waals surface area contributed by atoms with Crippen LogP contribution < -0.4 is 20.7 Å². The summed E-state index contributed by atoms with van der Waals surface area (Å²) in [4.78, 5) is 37.7. The molecule has 2 heterocycles. The molecule has 3 N–H and O–H groups in total. The fourth-order valence-corrected chi connectivity index (χ4v) is 3.67. The third-order valence-electron chi connectivity index (χ3n) is 4.47. The van der Waals surface area contributed by atoms with Crippen molar-refractivity contribution in [2.45, 2.75) is 0 Å². The molecule has 0 unspecified atom stereocenters. The average molecular weight is 419 g/mol. The quantitative estimate of drug-likeness (QED) is 0.552. The average Bonchev–Trinajstić information content (AvgIpc) is 3.36. The van der Waals surface area contributed by atoms with Gasteiger partial charge in [0.05, 0.1) is 18.4 Å². The first-order chi connectivity index (χ1) is 14.5. The lowest BCUT2D eigenvalue weighted by molar-refractivity contribution is -0.110.